The summed E-state index contributed by atoms with van der Waals surface area (Å²) in [5, 5.41) is 7.11. The summed E-state index contributed by atoms with van der Waals surface area (Å²) in [6.45, 7) is 6.59. The Morgan fingerprint density at radius 2 is 1.93 bits per heavy atom. The van der Waals surface area contributed by atoms with E-state index in [0.29, 0.717) is 28.7 Å². The summed E-state index contributed by atoms with van der Waals surface area (Å²) in [7, 11) is 5.26. The van der Waals surface area contributed by atoms with Crippen molar-refractivity contribution in [1.29, 1.82) is 0 Å². The molecule has 1 saturated heterocycles. The van der Waals surface area contributed by atoms with E-state index in [9.17, 15) is 4.79 Å². The summed E-state index contributed by atoms with van der Waals surface area (Å²) in [4.78, 5) is 33.5. The number of hydrogen-bond donors (Lipinski definition) is 1. The highest BCUT2D eigenvalue weighted by Crippen LogP contribution is 2.38. The van der Waals surface area contributed by atoms with Gasteiger partial charge in [-0.05, 0) is 31.4 Å². The first kappa shape index (κ1) is 28.3. The van der Waals surface area contributed by atoms with Crippen LogP contribution in [0.25, 0.3) is 11.3 Å². The van der Waals surface area contributed by atoms with Gasteiger partial charge < -0.3 is 10.2 Å². The fourth-order valence-electron chi connectivity index (χ4n) is 4.50. The van der Waals surface area contributed by atoms with Gasteiger partial charge in [-0.15, -0.1) is 18.5 Å². The predicted molar refractivity (Wildman–Crippen MR) is 164 cm³/mol. The number of carbonyl (C=O) groups is 1. The third-order valence-corrected chi connectivity index (χ3v) is 8.30. The number of thiocarbonyl (C=S) groups is 1. The highest BCUT2D eigenvalue weighted by Gasteiger charge is 2.27. The summed E-state index contributed by atoms with van der Waals surface area (Å²) in [5.74, 6) is 0.0885. The normalized spacial score (nSPS) is 16.0. The number of carbonyl (C=O) groups excluding carboxylic acids is 1. The summed E-state index contributed by atoms with van der Waals surface area (Å²) in [6, 6.07) is 3.39. The molecule has 0 radical (unpaired) electrons. The SMILES string of the molecule is Cc1ccc(C(P)P)c(-c2cncc(C(=O)Nc3cnn(C(C)c4cnc(N5CC[C@@H](C)C5=S)nc4)c3)n2)c1F. The third-order valence-electron chi connectivity index (χ3n) is 6.96. The van der Waals surface area contributed by atoms with Crippen molar-refractivity contribution in [3.63, 3.8) is 0 Å². The molecule has 3 aromatic heterocycles. The van der Waals surface area contributed by atoms with Crippen molar-refractivity contribution in [2.45, 2.75) is 38.6 Å². The minimum atomic E-state index is -0.479. The molecule has 0 bridgehead atoms. The molecule has 0 spiro atoms. The quantitative estimate of drug-likeness (QED) is 0.225. The van der Waals surface area contributed by atoms with Crippen molar-refractivity contribution in [1.82, 2.24) is 29.7 Å². The maximum Gasteiger partial charge on any atom is 0.275 e. The van der Waals surface area contributed by atoms with Crippen LogP contribution in [-0.4, -0.2) is 47.2 Å². The highest BCUT2D eigenvalue weighted by molar-refractivity contribution is 7.80. The minimum Gasteiger partial charge on any atom is -0.318 e. The Hall–Kier alpha value is -3.26. The van der Waals surface area contributed by atoms with Crippen molar-refractivity contribution in [2.75, 3.05) is 16.8 Å². The first-order valence-corrected chi connectivity index (χ1v) is 14.5. The molecule has 1 aromatic carbocycles. The lowest BCUT2D eigenvalue weighted by atomic mass is 10.0. The van der Waals surface area contributed by atoms with Crippen LogP contribution in [-0.2, 0) is 0 Å². The largest absolute Gasteiger partial charge is 0.318 e. The van der Waals surface area contributed by atoms with Gasteiger partial charge in [-0.1, -0.05) is 31.3 Å². The van der Waals surface area contributed by atoms with Crippen LogP contribution in [0.15, 0.2) is 49.3 Å². The van der Waals surface area contributed by atoms with Crippen LogP contribution in [0.1, 0.15) is 58.9 Å². The van der Waals surface area contributed by atoms with E-state index in [-0.39, 0.29) is 28.6 Å². The van der Waals surface area contributed by atoms with Crippen LogP contribution in [0.4, 0.5) is 16.0 Å². The van der Waals surface area contributed by atoms with E-state index in [1.165, 1.54) is 12.4 Å². The van der Waals surface area contributed by atoms with E-state index in [0.717, 1.165) is 29.1 Å². The van der Waals surface area contributed by atoms with Gasteiger partial charge >= 0.3 is 0 Å². The number of aromatic nitrogens is 6. The average molecular weight is 595 g/mol. The lowest BCUT2D eigenvalue weighted by Gasteiger charge is -2.17. The average Bonchev–Trinajstić information content (AvgIpc) is 3.55. The molecule has 0 aliphatic carbocycles. The number of hydrogen-bond acceptors (Lipinski definition) is 7. The number of halogens is 1. The molecule has 13 heteroatoms. The van der Waals surface area contributed by atoms with Crippen LogP contribution in [0.2, 0.25) is 0 Å². The van der Waals surface area contributed by atoms with E-state index < -0.39 is 5.91 Å². The minimum absolute atomic E-state index is 0.0624. The number of nitrogens with zero attached hydrogens (tertiary/aromatic N) is 7. The fourth-order valence-corrected chi connectivity index (χ4v) is 5.35. The predicted octanol–water partition coefficient (Wildman–Crippen LogP) is 5.36. The maximum absolute atomic E-state index is 15.1. The molecule has 206 valence electrons. The molecule has 4 heterocycles. The van der Waals surface area contributed by atoms with Gasteiger partial charge in [0, 0.05) is 47.6 Å². The van der Waals surface area contributed by atoms with Crippen LogP contribution in [0, 0.1) is 18.7 Å². The van der Waals surface area contributed by atoms with E-state index in [1.807, 2.05) is 17.9 Å². The van der Waals surface area contributed by atoms with Gasteiger partial charge in [-0.2, -0.15) is 5.10 Å². The monoisotopic (exact) mass is 594 g/mol. The Kier molecular flexibility index (Phi) is 8.26. The first-order chi connectivity index (χ1) is 19.1. The lowest BCUT2D eigenvalue weighted by Crippen LogP contribution is -2.26. The van der Waals surface area contributed by atoms with Crippen LogP contribution in [0.3, 0.4) is 0 Å². The Balaban J connectivity index is 1.31. The zero-order chi connectivity index (χ0) is 28.6. The van der Waals surface area contributed by atoms with Crippen molar-refractivity contribution in [3.8, 4) is 11.3 Å². The Bertz CT molecular complexity index is 1580. The van der Waals surface area contributed by atoms with Crippen molar-refractivity contribution in [3.05, 3.63) is 77.5 Å². The van der Waals surface area contributed by atoms with Gasteiger partial charge in [0.05, 0.1) is 41.0 Å². The molecule has 3 unspecified atom stereocenters. The van der Waals surface area contributed by atoms with Crippen LogP contribution < -0.4 is 10.2 Å². The summed E-state index contributed by atoms with van der Waals surface area (Å²) < 4.78 is 16.8. The third kappa shape index (κ3) is 5.64. The lowest BCUT2D eigenvalue weighted by molar-refractivity contribution is 0.102. The van der Waals surface area contributed by atoms with Crippen molar-refractivity contribution >= 4 is 53.2 Å². The topological polar surface area (TPSA) is 102 Å². The van der Waals surface area contributed by atoms with Gasteiger partial charge in [0.25, 0.3) is 5.91 Å². The van der Waals surface area contributed by atoms with Crippen LogP contribution >= 0.6 is 30.7 Å². The maximum atomic E-state index is 15.1. The molecule has 4 aromatic rings. The van der Waals surface area contributed by atoms with E-state index >= 15 is 4.39 Å². The Morgan fingerprint density at radius 1 is 1.18 bits per heavy atom. The molecule has 4 atom stereocenters. The second-order valence-corrected chi connectivity index (χ2v) is 12.4. The molecule has 40 heavy (non-hydrogen) atoms. The van der Waals surface area contributed by atoms with Crippen LogP contribution in [0.5, 0.6) is 0 Å². The highest BCUT2D eigenvalue weighted by atomic mass is 32.1. The zero-order valence-corrected chi connectivity index (χ0v) is 25.4. The number of amides is 1. The van der Waals surface area contributed by atoms with Gasteiger partial charge in [-0.25, -0.2) is 19.3 Å². The molecule has 5 rings (SSSR count). The van der Waals surface area contributed by atoms with Gasteiger partial charge in [0.2, 0.25) is 5.95 Å². The van der Waals surface area contributed by atoms with E-state index in [1.54, 1.807) is 42.5 Å². The van der Waals surface area contributed by atoms with E-state index in [2.05, 4.69) is 55.8 Å². The molecule has 9 nitrogen and oxygen atoms in total. The van der Waals surface area contributed by atoms with Gasteiger partial charge in [0.1, 0.15) is 11.5 Å². The molecule has 1 fully saturated rings. The number of anilines is 2. The second-order valence-electron chi connectivity index (χ2n) is 9.81. The van der Waals surface area contributed by atoms with Gasteiger partial charge in [-0.3, -0.25) is 14.5 Å². The Morgan fingerprint density at radius 3 is 2.60 bits per heavy atom. The van der Waals surface area contributed by atoms with E-state index in [4.69, 9.17) is 12.2 Å². The second kappa shape index (κ2) is 11.7. The Labute approximate surface area is 241 Å². The molecule has 1 aliphatic rings. The summed E-state index contributed by atoms with van der Waals surface area (Å²) in [5.41, 5.74) is 3.24. The van der Waals surface area contributed by atoms with Gasteiger partial charge in [0.15, 0.2) is 0 Å². The first-order valence-electron chi connectivity index (χ1n) is 12.8. The molecular weight excluding hydrogens is 565 g/mol. The smallest absolute Gasteiger partial charge is 0.275 e. The molecule has 1 N–H and O–H groups in total. The summed E-state index contributed by atoms with van der Waals surface area (Å²) in [6.07, 6.45) is 10.6. The van der Waals surface area contributed by atoms with Crippen molar-refractivity contribution in [2.24, 2.45) is 5.92 Å². The zero-order valence-electron chi connectivity index (χ0n) is 22.2. The number of aryl methyl sites for hydroxylation is 1. The van der Waals surface area contributed by atoms with Crippen molar-refractivity contribution < 1.29 is 9.18 Å². The number of nitrogens with one attached hydrogen (secondary N) is 1. The molecule has 0 saturated carbocycles. The fraction of sp³-hybridized carbons (Fsp3) is 0.296. The number of benzene rings is 1. The summed E-state index contributed by atoms with van der Waals surface area (Å²) >= 11 is 5.51. The molecular formula is C27H29FN8OP2S. The standard InChI is InChI=1S/C27H29FN8OP2S/c1-14-4-5-19(26(38)39)22(23(14)28)20-11-29-12-21(34-20)24(37)33-18-10-32-36(13-18)16(3)17-8-30-27(31-9-17)35-7-6-15(2)25(35)40/h4-5,8-13,15-16,26H,6-7,38-39H2,1-3H3,(H,33,37)/t15-,16?/m1/s1. The number of rotatable bonds is 7. The molecule has 1 amide bonds. The molecule has 1 aliphatic heterocycles.